The van der Waals surface area contributed by atoms with Gasteiger partial charge in [0.15, 0.2) is 5.96 Å². The molecule has 0 aliphatic carbocycles. The average Bonchev–Trinajstić information content (AvgIpc) is 3.46. The summed E-state index contributed by atoms with van der Waals surface area (Å²) in [5.74, 6) is 2.58. The molecular formula is C23H32IN7. The zero-order chi connectivity index (χ0) is 20.8. The molecule has 8 heteroatoms. The molecule has 0 amide bonds. The molecule has 3 aromatic rings. The van der Waals surface area contributed by atoms with Crippen molar-refractivity contribution in [1.82, 2.24) is 29.3 Å². The van der Waals surface area contributed by atoms with Crippen molar-refractivity contribution in [3.05, 3.63) is 72.8 Å². The second-order valence-corrected chi connectivity index (χ2v) is 7.96. The van der Waals surface area contributed by atoms with E-state index in [9.17, 15) is 0 Å². The van der Waals surface area contributed by atoms with Crippen molar-refractivity contribution in [2.75, 3.05) is 20.1 Å². The highest BCUT2D eigenvalue weighted by molar-refractivity contribution is 14.0. The van der Waals surface area contributed by atoms with Gasteiger partial charge < -0.3 is 19.4 Å². The zero-order valence-corrected chi connectivity index (χ0v) is 20.6. The number of nitrogens with one attached hydrogen (secondary N) is 1. The first-order chi connectivity index (χ1) is 14.7. The van der Waals surface area contributed by atoms with Gasteiger partial charge in [0.2, 0.25) is 0 Å². The summed E-state index contributed by atoms with van der Waals surface area (Å²) in [6.45, 7) is 5.84. The van der Waals surface area contributed by atoms with Crippen LogP contribution in [0.4, 0.5) is 0 Å². The number of imidazole rings is 2. The molecule has 31 heavy (non-hydrogen) atoms. The normalized spacial score (nSPS) is 19.2. The van der Waals surface area contributed by atoms with Crippen LogP contribution >= 0.6 is 24.0 Å². The number of likely N-dealkylation sites (tertiary alicyclic amines) is 1. The summed E-state index contributed by atoms with van der Waals surface area (Å²) in [6, 6.07) is 11.0. The van der Waals surface area contributed by atoms with Gasteiger partial charge in [-0.3, -0.25) is 4.99 Å². The molecule has 1 fully saturated rings. The summed E-state index contributed by atoms with van der Waals surface area (Å²) in [5.41, 5.74) is 1.34. The quantitative estimate of drug-likeness (QED) is 0.299. The average molecular weight is 533 g/mol. The van der Waals surface area contributed by atoms with Crippen molar-refractivity contribution in [2.45, 2.75) is 38.9 Å². The third-order valence-electron chi connectivity index (χ3n) is 6.03. The fourth-order valence-electron chi connectivity index (χ4n) is 4.19. The lowest BCUT2D eigenvalue weighted by atomic mass is 9.93. The van der Waals surface area contributed by atoms with Crippen LogP contribution in [0.2, 0.25) is 0 Å². The van der Waals surface area contributed by atoms with Gasteiger partial charge in [-0.1, -0.05) is 37.3 Å². The van der Waals surface area contributed by atoms with Gasteiger partial charge in [-0.15, -0.1) is 24.0 Å². The highest BCUT2D eigenvalue weighted by atomic mass is 127. The Labute approximate surface area is 201 Å². The van der Waals surface area contributed by atoms with E-state index < -0.39 is 0 Å². The Morgan fingerprint density at radius 3 is 2.77 bits per heavy atom. The smallest absolute Gasteiger partial charge is 0.194 e. The first kappa shape index (κ1) is 23.3. The summed E-state index contributed by atoms with van der Waals surface area (Å²) in [6.07, 6.45) is 11.9. The van der Waals surface area contributed by atoms with Crippen LogP contribution in [-0.4, -0.2) is 50.1 Å². The van der Waals surface area contributed by atoms with E-state index >= 15 is 0 Å². The predicted molar refractivity (Wildman–Crippen MR) is 135 cm³/mol. The second kappa shape index (κ2) is 11.3. The van der Waals surface area contributed by atoms with E-state index in [0.717, 1.165) is 44.3 Å². The van der Waals surface area contributed by atoms with E-state index in [4.69, 9.17) is 0 Å². The molecule has 0 radical (unpaired) electrons. The summed E-state index contributed by atoms with van der Waals surface area (Å²) in [4.78, 5) is 15.7. The van der Waals surface area contributed by atoms with Crippen molar-refractivity contribution in [3.8, 4) is 0 Å². The molecule has 0 spiro atoms. The minimum Gasteiger partial charge on any atom is -0.349 e. The molecule has 1 N–H and O–H groups in total. The number of aromatic nitrogens is 4. The Kier molecular flexibility index (Phi) is 8.51. The fourth-order valence-corrected chi connectivity index (χ4v) is 4.19. The summed E-state index contributed by atoms with van der Waals surface area (Å²) in [7, 11) is 1.86. The minimum absolute atomic E-state index is 0. The first-order valence-electron chi connectivity index (χ1n) is 10.7. The number of aryl methyl sites for hydroxylation is 2. The number of hydrogen-bond donors (Lipinski definition) is 1. The maximum Gasteiger partial charge on any atom is 0.194 e. The van der Waals surface area contributed by atoms with Crippen LogP contribution < -0.4 is 5.32 Å². The Balaban J connectivity index is 0.00000272. The standard InChI is InChI=1S/C23H31N7.HI/c1-19-8-12-29(17-21(19)30-14-10-25-18-30)23(24-2)27-16-22-26-11-15-28(22)13-9-20-6-4-3-5-7-20;/h3-7,10-11,14-15,18-19,21H,8-9,12-13,16-17H2,1-2H3,(H,24,27);1H. The van der Waals surface area contributed by atoms with Gasteiger partial charge in [0.05, 0.1) is 18.9 Å². The topological polar surface area (TPSA) is 63.3 Å². The summed E-state index contributed by atoms with van der Waals surface area (Å²) >= 11 is 0. The van der Waals surface area contributed by atoms with Crippen LogP contribution in [0.25, 0.3) is 0 Å². The number of nitrogens with zero attached hydrogens (tertiary/aromatic N) is 6. The molecular weight excluding hydrogens is 501 g/mol. The molecule has 7 nitrogen and oxygen atoms in total. The molecule has 4 rings (SSSR count). The maximum atomic E-state index is 4.56. The van der Waals surface area contributed by atoms with E-state index in [1.54, 1.807) is 0 Å². The molecule has 1 saturated heterocycles. The summed E-state index contributed by atoms with van der Waals surface area (Å²) in [5, 5.41) is 3.53. The van der Waals surface area contributed by atoms with Gasteiger partial charge in [-0.25, -0.2) is 9.97 Å². The number of guanidine groups is 1. The van der Waals surface area contributed by atoms with Crippen LogP contribution in [0.1, 0.15) is 30.8 Å². The van der Waals surface area contributed by atoms with Gasteiger partial charge in [-0.2, -0.15) is 0 Å². The number of rotatable bonds is 6. The van der Waals surface area contributed by atoms with Crippen molar-refractivity contribution < 1.29 is 0 Å². The van der Waals surface area contributed by atoms with Gasteiger partial charge in [0.25, 0.3) is 0 Å². The van der Waals surface area contributed by atoms with E-state index in [-0.39, 0.29) is 24.0 Å². The molecule has 1 aliphatic heterocycles. The van der Waals surface area contributed by atoms with Gasteiger partial charge in [0.1, 0.15) is 5.82 Å². The van der Waals surface area contributed by atoms with Crippen LogP contribution in [-0.2, 0) is 19.5 Å². The van der Waals surface area contributed by atoms with E-state index in [0.29, 0.717) is 18.5 Å². The van der Waals surface area contributed by atoms with Gasteiger partial charge in [-0.05, 0) is 24.3 Å². The molecule has 2 aromatic heterocycles. The molecule has 166 valence electrons. The number of aliphatic imine (C=N–C) groups is 1. The molecule has 2 unspecified atom stereocenters. The van der Waals surface area contributed by atoms with E-state index in [2.05, 4.69) is 84.0 Å². The largest absolute Gasteiger partial charge is 0.349 e. The SMILES string of the molecule is CN=C(NCc1nccn1CCc1ccccc1)N1CCC(C)C(n2ccnc2)C1.I. The highest BCUT2D eigenvalue weighted by Gasteiger charge is 2.28. The molecule has 2 atom stereocenters. The monoisotopic (exact) mass is 533 g/mol. The van der Waals surface area contributed by atoms with Crippen LogP contribution in [0.15, 0.2) is 66.4 Å². The van der Waals surface area contributed by atoms with Crippen molar-refractivity contribution >= 4 is 29.9 Å². The number of benzene rings is 1. The number of piperidine rings is 1. The second-order valence-electron chi connectivity index (χ2n) is 7.96. The Bertz CT molecular complexity index is 936. The van der Waals surface area contributed by atoms with Crippen LogP contribution in [0.3, 0.4) is 0 Å². The van der Waals surface area contributed by atoms with Gasteiger partial charge in [0, 0.05) is 51.5 Å². The molecule has 0 saturated carbocycles. The molecule has 3 heterocycles. The molecule has 1 aromatic carbocycles. The maximum absolute atomic E-state index is 4.56. The van der Waals surface area contributed by atoms with Crippen LogP contribution in [0.5, 0.6) is 0 Å². The van der Waals surface area contributed by atoms with E-state index in [1.165, 1.54) is 5.56 Å². The third-order valence-corrected chi connectivity index (χ3v) is 6.03. The Hall–Kier alpha value is -2.36. The molecule has 0 bridgehead atoms. The fraction of sp³-hybridized carbons (Fsp3) is 0.435. The van der Waals surface area contributed by atoms with E-state index in [1.807, 2.05) is 25.8 Å². The summed E-state index contributed by atoms with van der Waals surface area (Å²) < 4.78 is 4.44. The van der Waals surface area contributed by atoms with Crippen molar-refractivity contribution in [3.63, 3.8) is 0 Å². The number of halogens is 1. The lowest BCUT2D eigenvalue weighted by Gasteiger charge is -2.39. The lowest BCUT2D eigenvalue weighted by Crippen LogP contribution is -2.48. The lowest BCUT2D eigenvalue weighted by molar-refractivity contribution is 0.189. The Morgan fingerprint density at radius 2 is 2.03 bits per heavy atom. The van der Waals surface area contributed by atoms with Gasteiger partial charge >= 0.3 is 0 Å². The number of hydrogen-bond acceptors (Lipinski definition) is 3. The zero-order valence-electron chi connectivity index (χ0n) is 18.3. The Morgan fingerprint density at radius 1 is 1.19 bits per heavy atom. The highest BCUT2D eigenvalue weighted by Crippen LogP contribution is 2.27. The predicted octanol–water partition coefficient (Wildman–Crippen LogP) is 3.60. The van der Waals surface area contributed by atoms with Crippen molar-refractivity contribution in [2.24, 2.45) is 10.9 Å². The third kappa shape index (κ3) is 5.87. The van der Waals surface area contributed by atoms with Crippen molar-refractivity contribution in [1.29, 1.82) is 0 Å². The first-order valence-corrected chi connectivity index (χ1v) is 10.7. The molecule has 1 aliphatic rings. The minimum atomic E-state index is 0. The van der Waals surface area contributed by atoms with Crippen LogP contribution in [0, 0.1) is 5.92 Å².